The number of hydrogen-bond donors (Lipinski definition) is 1. The Morgan fingerprint density at radius 3 is 2.52 bits per heavy atom. The number of carbonyl (C=O) groups excluding carboxylic acids is 1. The van der Waals surface area contributed by atoms with Crippen molar-refractivity contribution in [2.45, 2.75) is 12.8 Å². The summed E-state index contributed by atoms with van der Waals surface area (Å²) in [7, 11) is 0. The van der Waals surface area contributed by atoms with Gasteiger partial charge in [0.15, 0.2) is 6.29 Å². The van der Waals surface area contributed by atoms with Gasteiger partial charge in [-0.25, -0.2) is 0 Å². The lowest BCUT2D eigenvalue weighted by Crippen LogP contribution is -2.12. The van der Waals surface area contributed by atoms with Crippen molar-refractivity contribution in [3.05, 3.63) is 74.4 Å². The van der Waals surface area contributed by atoms with E-state index in [2.05, 4.69) is 0 Å². The van der Waals surface area contributed by atoms with E-state index in [0.717, 1.165) is 24.0 Å². The van der Waals surface area contributed by atoms with Crippen LogP contribution in [0, 0.1) is 0 Å². The van der Waals surface area contributed by atoms with Gasteiger partial charge in [-0.3, -0.25) is 9.59 Å². The molecule has 3 rings (SSSR count). The number of aryl methyl sites for hydroxylation is 2. The molecule has 4 nitrogen and oxygen atoms in total. The summed E-state index contributed by atoms with van der Waals surface area (Å²) in [6.07, 6.45) is 1.97. The molecule has 0 fully saturated rings. The number of fused-ring (bicyclic) bond motifs is 1. The summed E-state index contributed by atoms with van der Waals surface area (Å²) < 4.78 is 5.33. The maximum Gasteiger partial charge on any atom is 0.205 e. The quantitative estimate of drug-likeness (QED) is 0.743. The molecule has 0 saturated carbocycles. The number of benzene rings is 2. The second-order valence-corrected chi connectivity index (χ2v) is 5.72. The number of aldehydes is 1. The molecule has 2 N–H and O–H groups in total. The Labute approximate surface area is 137 Å². The number of nitrogen functional groups attached to an aromatic ring is 1. The van der Waals surface area contributed by atoms with Gasteiger partial charge < -0.3 is 10.2 Å². The van der Waals surface area contributed by atoms with Crippen LogP contribution in [0.4, 0.5) is 5.88 Å². The van der Waals surface area contributed by atoms with E-state index in [1.54, 1.807) is 12.1 Å². The first-order valence-electron chi connectivity index (χ1n) is 7.13. The third kappa shape index (κ3) is 3.12. The summed E-state index contributed by atoms with van der Waals surface area (Å²) in [6, 6.07) is 13.0. The topological polar surface area (TPSA) is 73.3 Å². The van der Waals surface area contributed by atoms with Gasteiger partial charge in [0.25, 0.3) is 0 Å². The van der Waals surface area contributed by atoms with Gasteiger partial charge >= 0.3 is 0 Å². The van der Waals surface area contributed by atoms with Gasteiger partial charge in [-0.15, -0.1) is 0 Å². The fourth-order valence-electron chi connectivity index (χ4n) is 2.52. The zero-order valence-electron chi connectivity index (χ0n) is 12.2. The Morgan fingerprint density at radius 2 is 1.83 bits per heavy atom. The Balaban J connectivity index is 1.93. The highest BCUT2D eigenvalue weighted by Crippen LogP contribution is 2.19. The van der Waals surface area contributed by atoms with E-state index in [-0.39, 0.29) is 11.4 Å². The van der Waals surface area contributed by atoms with Gasteiger partial charge in [0.05, 0.1) is 5.39 Å². The first-order valence-corrected chi connectivity index (χ1v) is 7.51. The number of anilines is 1. The fourth-order valence-corrected chi connectivity index (χ4v) is 2.74. The average Bonchev–Trinajstić information content (AvgIpc) is 2.54. The summed E-state index contributed by atoms with van der Waals surface area (Å²) in [6.45, 7) is 0. The molecule has 0 radical (unpaired) electrons. The van der Waals surface area contributed by atoms with Gasteiger partial charge in [0, 0.05) is 5.02 Å². The lowest BCUT2D eigenvalue weighted by molar-refractivity contribution is 0.112. The fraction of sp³-hybridized carbons (Fsp3) is 0.111. The molecule has 0 amide bonds. The summed E-state index contributed by atoms with van der Waals surface area (Å²) in [5, 5.41) is 1.07. The molecule has 1 aromatic heterocycles. The molecule has 1 heterocycles. The van der Waals surface area contributed by atoms with Crippen molar-refractivity contribution < 1.29 is 9.21 Å². The maximum atomic E-state index is 12.3. The van der Waals surface area contributed by atoms with Crippen molar-refractivity contribution in [3.8, 4) is 0 Å². The van der Waals surface area contributed by atoms with Crippen LogP contribution in [0.2, 0.25) is 5.02 Å². The SMILES string of the molecule is Nc1oc2ccc(CCc3cccc(Cl)c3)cc2c(=O)c1C=O. The van der Waals surface area contributed by atoms with Gasteiger partial charge in [0.2, 0.25) is 11.3 Å². The van der Waals surface area contributed by atoms with Crippen LogP contribution in [0.25, 0.3) is 11.0 Å². The number of rotatable bonds is 4. The molecule has 116 valence electrons. The Kier molecular flexibility index (Phi) is 4.17. The minimum atomic E-state index is -0.400. The molecule has 23 heavy (non-hydrogen) atoms. The molecule has 0 saturated heterocycles. The number of halogens is 1. The summed E-state index contributed by atoms with van der Waals surface area (Å²) in [5.41, 5.74) is 7.52. The van der Waals surface area contributed by atoms with E-state index in [1.165, 1.54) is 0 Å². The Morgan fingerprint density at radius 1 is 1.09 bits per heavy atom. The molecule has 0 spiro atoms. The number of carbonyl (C=O) groups is 1. The molecule has 0 aliphatic carbocycles. The van der Waals surface area contributed by atoms with Gasteiger partial charge in [-0.2, -0.15) is 0 Å². The molecule has 0 aliphatic heterocycles. The smallest absolute Gasteiger partial charge is 0.205 e. The van der Waals surface area contributed by atoms with Crippen LogP contribution in [-0.4, -0.2) is 6.29 Å². The number of hydrogen-bond acceptors (Lipinski definition) is 4. The van der Waals surface area contributed by atoms with Crippen LogP contribution in [0.15, 0.2) is 51.7 Å². The van der Waals surface area contributed by atoms with Crippen LogP contribution >= 0.6 is 11.6 Å². The standard InChI is InChI=1S/C18H14ClNO3/c19-13-3-1-2-11(8-13)4-5-12-6-7-16-14(9-12)17(22)15(10-21)18(20)23-16/h1-3,6-10H,4-5,20H2. The average molecular weight is 328 g/mol. The van der Waals surface area contributed by atoms with Crippen LogP contribution in [0.1, 0.15) is 21.5 Å². The Hall–Kier alpha value is -2.59. The third-order valence-electron chi connectivity index (χ3n) is 3.73. The largest absolute Gasteiger partial charge is 0.440 e. The molecular weight excluding hydrogens is 314 g/mol. The molecule has 3 aromatic rings. The number of nitrogens with two attached hydrogens (primary N) is 1. The van der Waals surface area contributed by atoms with Crippen LogP contribution < -0.4 is 11.2 Å². The maximum absolute atomic E-state index is 12.3. The lowest BCUT2D eigenvalue weighted by atomic mass is 10.0. The normalized spacial score (nSPS) is 10.8. The lowest BCUT2D eigenvalue weighted by Gasteiger charge is -2.06. The van der Waals surface area contributed by atoms with Crippen LogP contribution in [0.5, 0.6) is 0 Å². The second-order valence-electron chi connectivity index (χ2n) is 5.29. The first-order chi connectivity index (χ1) is 11.1. The monoisotopic (exact) mass is 327 g/mol. The van der Waals surface area contributed by atoms with Crippen molar-refractivity contribution in [2.75, 3.05) is 5.73 Å². The van der Waals surface area contributed by atoms with Gasteiger partial charge in [-0.05, 0) is 48.2 Å². The molecule has 2 aromatic carbocycles. The highest BCUT2D eigenvalue weighted by atomic mass is 35.5. The van der Waals surface area contributed by atoms with Gasteiger partial charge in [-0.1, -0.05) is 29.8 Å². The van der Waals surface area contributed by atoms with E-state index < -0.39 is 5.43 Å². The van der Waals surface area contributed by atoms with E-state index in [1.807, 2.05) is 30.3 Å². The predicted molar refractivity (Wildman–Crippen MR) is 91.1 cm³/mol. The molecule has 0 aliphatic rings. The summed E-state index contributed by atoms with van der Waals surface area (Å²) >= 11 is 5.98. The van der Waals surface area contributed by atoms with E-state index in [4.69, 9.17) is 21.8 Å². The third-order valence-corrected chi connectivity index (χ3v) is 3.96. The van der Waals surface area contributed by atoms with Crippen molar-refractivity contribution in [2.24, 2.45) is 0 Å². The van der Waals surface area contributed by atoms with Crippen molar-refractivity contribution in [1.82, 2.24) is 0 Å². The molecule has 0 atom stereocenters. The summed E-state index contributed by atoms with van der Waals surface area (Å²) in [4.78, 5) is 23.2. The van der Waals surface area contributed by atoms with Crippen molar-refractivity contribution in [3.63, 3.8) is 0 Å². The molecule has 0 bridgehead atoms. The second kappa shape index (κ2) is 6.26. The van der Waals surface area contributed by atoms with E-state index in [9.17, 15) is 9.59 Å². The first kappa shape index (κ1) is 15.3. The van der Waals surface area contributed by atoms with E-state index in [0.29, 0.717) is 22.3 Å². The minimum Gasteiger partial charge on any atom is -0.440 e. The van der Waals surface area contributed by atoms with Crippen molar-refractivity contribution in [1.29, 1.82) is 0 Å². The zero-order chi connectivity index (χ0) is 16.4. The summed E-state index contributed by atoms with van der Waals surface area (Å²) in [5.74, 6) is -0.149. The van der Waals surface area contributed by atoms with Crippen molar-refractivity contribution >= 4 is 34.7 Å². The highest BCUT2D eigenvalue weighted by Gasteiger charge is 2.12. The zero-order valence-corrected chi connectivity index (χ0v) is 13.0. The minimum absolute atomic E-state index is 0.135. The van der Waals surface area contributed by atoms with Crippen LogP contribution in [0.3, 0.4) is 0 Å². The predicted octanol–water partition coefficient (Wildman–Crippen LogP) is 3.63. The van der Waals surface area contributed by atoms with E-state index >= 15 is 0 Å². The van der Waals surface area contributed by atoms with Gasteiger partial charge in [0.1, 0.15) is 11.1 Å². The highest BCUT2D eigenvalue weighted by molar-refractivity contribution is 6.30. The molecule has 5 heteroatoms. The Bertz CT molecular complexity index is 947. The van der Waals surface area contributed by atoms with Crippen LogP contribution in [-0.2, 0) is 12.8 Å². The molecular formula is C18H14ClNO3. The molecule has 0 unspecified atom stereocenters.